The molecule has 0 bridgehead atoms. The maximum absolute atomic E-state index is 12.6. The van der Waals surface area contributed by atoms with Crippen LogP contribution in [0.3, 0.4) is 0 Å². The van der Waals surface area contributed by atoms with Gasteiger partial charge in [0.05, 0.1) is 11.7 Å². The van der Waals surface area contributed by atoms with Crippen LogP contribution in [0.2, 0.25) is 0 Å². The number of benzene rings is 1. The fourth-order valence-electron chi connectivity index (χ4n) is 3.34. The summed E-state index contributed by atoms with van der Waals surface area (Å²) in [5.41, 5.74) is 1.61. The molecule has 2 amide bonds. The predicted octanol–water partition coefficient (Wildman–Crippen LogP) is 3.16. The van der Waals surface area contributed by atoms with Crippen molar-refractivity contribution >= 4 is 11.7 Å². The number of urea groups is 1. The third-order valence-corrected chi connectivity index (χ3v) is 4.76. The lowest BCUT2D eigenvalue weighted by Crippen LogP contribution is -2.38. The zero-order valence-corrected chi connectivity index (χ0v) is 15.0. The highest BCUT2D eigenvalue weighted by Crippen LogP contribution is 2.30. The lowest BCUT2D eigenvalue weighted by Gasteiger charge is -2.31. The van der Waals surface area contributed by atoms with Crippen molar-refractivity contribution in [2.24, 2.45) is 5.92 Å². The van der Waals surface area contributed by atoms with Gasteiger partial charge in [0.2, 0.25) is 0 Å². The van der Waals surface area contributed by atoms with E-state index in [9.17, 15) is 9.59 Å². The van der Waals surface area contributed by atoms with E-state index in [1.807, 2.05) is 37.3 Å². The van der Waals surface area contributed by atoms with E-state index in [0.29, 0.717) is 18.2 Å². The molecule has 26 heavy (non-hydrogen) atoms. The summed E-state index contributed by atoms with van der Waals surface area (Å²) in [6.45, 7) is 3.89. The van der Waals surface area contributed by atoms with E-state index < -0.39 is 0 Å². The Morgan fingerprint density at radius 3 is 2.62 bits per heavy atom. The van der Waals surface area contributed by atoms with Gasteiger partial charge in [0.25, 0.3) is 5.56 Å². The number of amides is 2. The third-order valence-electron chi connectivity index (χ3n) is 4.76. The minimum atomic E-state index is -0.272. The van der Waals surface area contributed by atoms with E-state index in [-0.39, 0.29) is 17.6 Å². The molecule has 0 spiro atoms. The quantitative estimate of drug-likeness (QED) is 0.865. The van der Waals surface area contributed by atoms with Crippen LogP contribution in [0.1, 0.15) is 31.4 Å². The number of aromatic nitrogens is 1. The summed E-state index contributed by atoms with van der Waals surface area (Å²) in [7, 11) is 0. The minimum absolute atomic E-state index is 0.0721. The zero-order chi connectivity index (χ0) is 18.4. The molecule has 1 unspecified atom stereocenters. The number of carbonyl (C=O) groups excluding carboxylic acids is 1. The van der Waals surface area contributed by atoms with Crippen molar-refractivity contribution in [1.29, 1.82) is 0 Å². The second kappa shape index (κ2) is 8.67. The second-order valence-corrected chi connectivity index (χ2v) is 6.48. The van der Waals surface area contributed by atoms with Crippen molar-refractivity contribution in [2.45, 2.75) is 32.4 Å². The van der Waals surface area contributed by atoms with E-state index in [4.69, 9.17) is 4.74 Å². The molecule has 0 aliphatic carbocycles. The van der Waals surface area contributed by atoms with Crippen LogP contribution in [-0.2, 0) is 11.3 Å². The Labute approximate surface area is 153 Å². The monoisotopic (exact) mass is 355 g/mol. The molecule has 0 radical (unpaired) electrons. The summed E-state index contributed by atoms with van der Waals surface area (Å²) in [6.07, 6.45) is 3.50. The second-order valence-electron chi connectivity index (χ2n) is 6.48. The average molecular weight is 355 g/mol. The Hall–Kier alpha value is -2.60. The number of anilines is 1. The minimum Gasteiger partial charge on any atom is -0.381 e. The molecule has 1 saturated heterocycles. The normalized spacial score (nSPS) is 16.0. The van der Waals surface area contributed by atoms with Crippen LogP contribution in [0.15, 0.2) is 53.5 Å². The van der Waals surface area contributed by atoms with Gasteiger partial charge < -0.3 is 19.9 Å². The Bertz CT molecular complexity index is 782. The van der Waals surface area contributed by atoms with Crippen LogP contribution in [0.25, 0.3) is 0 Å². The predicted molar refractivity (Wildman–Crippen MR) is 101 cm³/mol. The van der Waals surface area contributed by atoms with Gasteiger partial charge in [-0.2, -0.15) is 0 Å². The maximum atomic E-state index is 12.6. The summed E-state index contributed by atoms with van der Waals surface area (Å²) in [6, 6.07) is 12.8. The van der Waals surface area contributed by atoms with Crippen molar-refractivity contribution in [1.82, 2.24) is 9.88 Å². The lowest BCUT2D eigenvalue weighted by atomic mass is 9.87. The Morgan fingerprint density at radius 2 is 1.92 bits per heavy atom. The van der Waals surface area contributed by atoms with Crippen molar-refractivity contribution in [3.63, 3.8) is 0 Å². The number of rotatable bonds is 5. The molecule has 3 rings (SSSR count). The van der Waals surface area contributed by atoms with Crippen molar-refractivity contribution in [3.8, 4) is 0 Å². The van der Waals surface area contributed by atoms with E-state index in [0.717, 1.165) is 31.6 Å². The van der Waals surface area contributed by atoms with Gasteiger partial charge in [0, 0.05) is 32.0 Å². The van der Waals surface area contributed by atoms with Crippen molar-refractivity contribution in [2.75, 3.05) is 18.5 Å². The molecule has 138 valence electrons. The first-order chi connectivity index (χ1) is 12.7. The molecule has 2 N–H and O–H groups in total. The zero-order valence-electron chi connectivity index (χ0n) is 15.0. The van der Waals surface area contributed by atoms with Crippen LogP contribution in [0.4, 0.5) is 10.5 Å². The molecule has 1 aromatic carbocycles. The average Bonchev–Trinajstić information content (AvgIpc) is 2.69. The number of nitrogens with one attached hydrogen (secondary N) is 2. The molecular formula is C20H25N3O3. The summed E-state index contributed by atoms with van der Waals surface area (Å²) in [5.74, 6) is 0.335. The summed E-state index contributed by atoms with van der Waals surface area (Å²) >= 11 is 0. The highest BCUT2D eigenvalue weighted by atomic mass is 16.5. The van der Waals surface area contributed by atoms with E-state index in [1.54, 1.807) is 16.8 Å². The van der Waals surface area contributed by atoms with Gasteiger partial charge in [-0.1, -0.05) is 30.3 Å². The molecule has 1 aliphatic heterocycles. The number of ether oxygens (including phenoxy) is 1. The number of carbonyl (C=O) groups is 1. The van der Waals surface area contributed by atoms with Gasteiger partial charge in [0.1, 0.15) is 0 Å². The summed E-state index contributed by atoms with van der Waals surface area (Å²) < 4.78 is 7.02. The van der Waals surface area contributed by atoms with Crippen molar-refractivity contribution in [3.05, 3.63) is 64.6 Å². The largest absolute Gasteiger partial charge is 0.381 e. The van der Waals surface area contributed by atoms with Gasteiger partial charge in [-0.25, -0.2) is 4.79 Å². The third kappa shape index (κ3) is 4.52. The van der Waals surface area contributed by atoms with Crippen LogP contribution < -0.4 is 16.2 Å². The lowest BCUT2D eigenvalue weighted by molar-refractivity contribution is 0.0551. The van der Waals surface area contributed by atoms with Gasteiger partial charge in [-0.3, -0.25) is 4.79 Å². The van der Waals surface area contributed by atoms with Gasteiger partial charge in [-0.15, -0.1) is 0 Å². The number of pyridine rings is 1. The first-order valence-electron chi connectivity index (χ1n) is 9.08. The van der Waals surface area contributed by atoms with Crippen LogP contribution >= 0.6 is 0 Å². The van der Waals surface area contributed by atoms with Crippen LogP contribution in [-0.4, -0.2) is 23.8 Å². The molecule has 1 fully saturated rings. The molecule has 6 heteroatoms. The van der Waals surface area contributed by atoms with Crippen LogP contribution in [0, 0.1) is 5.92 Å². The number of hydrogen-bond donors (Lipinski definition) is 2. The summed E-state index contributed by atoms with van der Waals surface area (Å²) in [5, 5.41) is 5.95. The van der Waals surface area contributed by atoms with Crippen molar-refractivity contribution < 1.29 is 9.53 Å². The molecule has 0 saturated carbocycles. The van der Waals surface area contributed by atoms with Crippen LogP contribution in [0.5, 0.6) is 0 Å². The molecular weight excluding hydrogens is 330 g/mol. The van der Waals surface area contributed by atoms with Gasteiger partial charge in [-0.05, 0) is 37.3 Å². The highest BCUT2D eigenvalue weighted by molar-refractivity contribution is 5.89. The molecule has 1 aliphatic rings. The van der Waals surface area contributed by atoms with Gasteiger partial charge >= 0.3 is 6.03 Å². The Kier molecular flexibility index (Phi) is 6.07. The Balaban J connectivity index is 1.73. The Morgan fingerprint density at radius 1 is 1.19 bits per heavy atom. The number of hydrogen-bond acceptors (Lipinski definition) is 3. The molecule has 2 aromatic rings. The highest BCUT2D eigenvalue weighted by Gasteiger charge is 2.26. The van der Waals surface area contributed by atoms with E-state index in [1.165, 1.54) is 6.07 Å². The first-order valence-corrected chi connectivity index (χ1v) is 9.08. The smallest absolute Gasteiger partial charge is 0.319 e. The summed E-state index contributed by atoms with van der Waals surface area (Å²) in [4.78, 5) is 24.3. The molecule has 2 heterocycles. The fourth-order valence-corrected chi connectivity index (χ4v) is 3.34. The maximum Gasteiger partial charge on any atom is 0.319 e. The number of nitrogens with zero attached hydrogens (tertiary/aromatic N) is 1. The molecule has 6 nitrogen and oxygen atoms in total. The molecule has 1 aromatic heterocycles. The first kappa shape index (κ1) is 18.2. The van der Waals surface area contributed by atoms with E-state index in [2.05, 4.69) is 10.6 Å². The fraction of sp³-hybridized carbons (Fsp3) is 0.400. The number of aryl methyl sites for hydroxylation is 1. The van der Waals surface area contributed by atoms with E-state index >= 15 is 0 Å². The van der Waals surface area contributed by atoms with Gasteiger partial charge in [0.15, 0.2) is 0 Å². The SMILES string of the molecule is CCn1cc(NC(=O)NC(c2ccccc2)C2CCOCC2)ccc1=O. The topological polar surface area (TPSA) is 72.4 Å². The molecule has 1 atom stereocenters. The standard InChI is InChI=1S/C20H25N3O3/c1-2-23-14-17(8-9-18(23)24)21-20(25)22-19(15-6-4-3-5-7-15)16-10-12-26-13-11-16/h3-9,14,16,19H,2,10-13H2,1H3,(H2,21,22,25).